The molecule has 1 rings (SSSR count). The first-order valence-corrected chi connectivity index (χ1v) is 5.74. The van der Waals surface area contributed by atoms with Crippen molar-refractivity contribution in [2.75, 3.05) is 34.3 Å². The number of nitro benzene ring substituents is 1. The van der Waals surface area contributed by atoms with E-state index in [-0.39, 0.29) is 5.69 Å². The summed E-state index contributed by atoms with van der Waals surface area (Å²) >= 11 is 0. The summed E-state index contributed by atoms with van der Waals surface area (Å²) in [6, 6.07) is 5.02. The first-order chi connectivity index (χ1) is 8.54. The normalized spacial score (nSPS) is 10.7. The van der Waals surface area contributed by atoms with Gasteiger partial charge < -0.3 is 15.0 Å². The summed E-state index contributed by atoms with van der Waals surface area (Å²) in [5.74, 6) is 0.321. The molecule has 0 amide bonds. The van der Waals surface area contributed by atoms with Gasteiger partial charge in [0, 0.05) is 19.2 Å². The second kappa shape index (κ2) is 6.93. The smallest absolute Gasteiger partial charge is 0.311 e. The van der Waals surface area contributed by atoms with E-state index < -0.39 is 4.92 Å². The topological polar surface area (TPSA) is 67.6 Å². The average Bonchev–Trinajstić information content (AvgIpc) is 2.30. The first kappa shape index (κ1) is 14.4. The highest BCUT2D eigenvalue weighted by atomic mass is 16.6. The van der Waals surface area contributed by atoms with Gasteiger partial charge in [0.15, 0.2) is 5.75 Å². The van der Waals surface area contributed by atoms with Crippen LogP contribution < -0.4 is 10.1 Å². The van der Waals surface area contributed by atoms with Crippen molar-refractivity contribution in [3.63, 3.8) is 0 Å². The third-order valence-corrected chi connectivity index (χ3v) is 2.40. The minimum atomic E-state index is -0.413. The fraction of sp³-hybridized carbons (Fsp3) is 0.500. The van der Waals surface area contributed by atoms with Crippen LogP contribution in [0.2, 0.25) is 0 Å². The second-order valence-electron chi connectivity index (χ2n) is 4.24. The zero-order chi connectivity index (χ0) is 13.5. The number of hydrogen-bond acceptors (Lipinski definition) is 5. The van der Waals surface area contributed by atoms with Crippen molar-refractivity contribution in [1.29, 1.82) is 0 Å². The molecule has 0 aromatic heterocycles. The number of likely N-dealkylation sites (N-methyl/N-ethyl adjacent to an activating group) is 1. The highest BCUT2D eigenvalue weighted by molar-refractivity contribution is 5.48. The molecule has 0 radical (unpaired) electrons. The molecule has 0 atom stereocenters. The molecule has 0 saturated heterocycles. The van der Waals surface area contributed by atoms with Crippen LogP contribution in [-0.4, -0.2) is 44.1 Å². The maximum absolute atomic E-state index is 11.0. The van der Waals surface area contributed by atoms with Crippen molar-refractivity contribution in [3.05, 3.63) is 33.9 Å². The van der Waals surface area contributed by atoms with E-state index in [1.165, 1.54) is 0 Å². The molecule has 100 valence electrons. The summed E-state index contributed by atoms with van der Waals surface area (Å²) in [4.78, 5) is 12.5. The molecule has 0 unspecified atom stereocenters. The van der Waals surface area contributed by atoms with E-state index in [9.17, 15) is 10.1 Å². The summed E-state index contributed by atoms with van der Waals surface area (Å²) in [6.45, 7) is 1.74. The monoisotopic (exact) mass is 253 g/mol. The molecule has 1 aromatic rings. The van der Waals surface area contributed by atoms with Crippen molar-refractivity contribution in [3.8, 4) is 5.75 Å². The number of nitrogens with zero attached hydrogens (tertiary/aromatic N) is 2. The quantitative estimate of drug-likeness (QED) is 0.585. The Kier molecular flexibility index (Phi) is 5.54. The van der Waals surface area contributed by atoms with Gasteiger partial charge in [-0.05, 0) is 32.8 Å². The fourth-order valence-corrected chi connectivity index (χ4v) is 1.48. The predicted molar refractivity (Wildman–Crippen MR) is 69.9 cm³/mol. The van der Waals surface area contributed by atoms with Crippen LogP contribution in [0.15, 0.2) is 18.2 Å². The summed E-state index contributed by atoms with van der Waals surface area (Å²) in [7, 11) is 5.65. The lowest BCUT2D eigenvalue weighted by Gasteiger charge is -2.11. The maximum atomic E-state index is 11.0. The van der Waals surface area contributed by atoms with Crippen LogP contribution in [0.5, 0.6) is 5.75 Å². The summed E-state index contributed by atoms with van der Waals surface area (Å²) in [5.41, 5.74) is 0.880. The van der Waals surface area contributed by atoms with Crippen LogP contribution in [-0.2, 0) is 6.54 Å². The van der Waals surface area contributed by atoms with E-state index in [0.29, 0.717) is 18.9 Å². The van der Waals surface area contributed by atoms with Gasteiger partial charge in [0.25, 0.3) is 0 Å². The third-order valence-electron chi connectivity index (χ3n) is 2.40. The van der Waals surface area contributed by atoms with Gasteiger partial charge in [0.1, 0.15) is 6.61 Å². The lowest BCUT2D eigenvalue weighted by atomic mass is 10.2. The molecule has 0 bridgehead atoms. The lowest BCUT2D eigenvalue weighted by molar-refractivity contribution is -0.385. The standard InChI is InChI=1S/C12H19N3O3/c1-13-9-10-4-5-12(11(8-10)15(16)17)18-7-6-14(2)3/h4-5,8,13H,6-7,9H2,1-3H3. The molecule has 0 spiro atoms. The zero-order valence-electron chi connectivity index (χ0n) is 11.0. The second-order valence-corrected chi connectivity index (χ2v) is 4.24. The van der Waals surface area contributed by atoms with Crippen molar-refractivity contribution < 1.29 is 9.66 Å². The molecule has 6 nitrogen and oxygen atoms in total. The van der Waals surface area contributed by atoms with Gasteiger partial charge in [-0.2, -0.15) is 0 Å². The molecule has 0 aliphatic carbocycles. The number of rotatable bonds is 7. The van der Waals surface area contributed by atoms with Gasteiger partial charge in [-0.3, -0.25) is 10.1 Å². The van der Waals surface area contributed by atoms with E-state index in [1.807, 2.05) is 25.1 Å². The molecule has 6 heteroatoms. The zero-order valence-corrected chi connectivity index (χ0v) is 11.0. The van der Waals surface area contributed by atoms with Crippen LogP contribution in [0.3, 0.4) is 0 Å². The molecule has 0 aliphatic rings. The molecule has 0 fully saturated rings. The molecule has 0 saturated carbocycles. The number of nitrogens with one attached hydrogen (secondary N) is 1. The summed E-state index contributed by atoms with van der Waals surface area (Å²) in [5, 5.41) is 13.9. The van der Waals surface area contributed by atoms with Gasteiger partial charge in [0.05, 0.1) is 4.92 Å². The van der Waals surface area contributed by atoms with Gasteiger partial charge >= 0.3 is 5.69 Å². The lowest BCUT2D eigenvalue weighted by Crippen LogP contribution is -2.19. The number of nitro groups is 1. The van der Waals surface area contributed by atoms with E-state index in [0.717, 1.165) is 12.1 Å². The molecule has 1 aromatic carbocycles. The van der Waals surface area contributed by atoms with Crippen LogP contribution in [0.1, 0.15) is 5.56 Å². The van der Waals surface area contributed by atoms with Gasteiger partial charge in [-0.25, -0.2) is 0 Å². The molecule has 0 heterocycles. The minimum absolute atomic E-state index is 0.0153. The Morgan fingerprint density at radius 3 is 2.72 bits per heavy atom. The fourth-order valence-electron chi connectivity index (χ4n) is 1.48. The third kappa shape index (κ3) is 4.31. The maximum Gasteiger partial charge on any atom is 0.311 e. The minimum Gasteiger partial charge on any atom is -0.485 e. The Balaban J connectivity index is 2.80. The van der Waals surface area contributed by atoms with Crippen LogP contribution >= 0.6 is 0 Å². The van der Waals surface area contributed by atoms with E-state index in [4.69, 9.17) is 4.74 Å². The predicted octanol–water partition coefficient (Wildman–Crippen LogP) is 1.25. The highest BCUT2D eigenvalue weighted by Gasteiger charge is 2.15. The Bertz CT molecular complexity index is 408. The van der Waals surface area contributed by atoms with Crippen molar-refractivity contribution in [1.82, 2.24) is 10.2 Å². The van der Waals surface area contributed by atoms with Gasteiger partial charge in [-0.1, -0.05) is 6.07 Å². The number of hydrogen-bond donors (Lipinski definition) is 1. The van der Waals surface area contributed by atoms with Gasteiger partial charge in [0.2, 0.25) is 0 Å². The van der Waals surface area contributed by atoms with Crippen LogP contribution in [0.25, 0.3) is 0 Å². The van der Waals surface area contributed by atoms with Gasteiger partial charge in [-0.15, -0.1) is 0 Å². The van der Waals surface area contributed by atoms with Crippen LogP contribution in [0, 0.1) is 10.1 Å². The molecule has 0 aliphatic heterocycles. The van der Waals surface area contributed by atoms with Crippen molar-refractivity contribution in [2.24, 2.45) is 0 Å². The molecular formula is C12H19N3O3. The SMILES string of the molecule is CNCc1ccc(OCCN(C)C)c([N+](=O)[O-])c1. The molecule has 1 N–H and O–H groups in total. The molecular weight excluding hydrogens is 234 g/mol. The van der Waals surface area contributed by atoms with Crippen molar-refractivity contribution in [2.45, 2.75) is 6.54 Å². The average molecular weight is 253 g/mol. The Hall–Kier alpha value is -1.66. The highest BCUT2D eigenvalue weighted by Crippen LogP contribution is 2.27. The van der Waals surface area contributed by atoms with E-state index in [2.05, 4.69) is 5.32 Å². The Labute approximate surface area is 107 Å². The van der Waals surface area contributed by atoms with Crippen LogP contribution in [0.4, 0.5) is 5.69 Å². The summed E-state index contributed by atoms with van der Waals surface area (Å²) < 4.78 is 5.44. The van der Waals surface area contributed by atoms with E-state index in [1.54, 1.807) is 19.2 Å². The largest absolute Gasteiger partial charge is 0.485 e. The number of ether oxygens (including phenoxy) is 1. The Morgan fingerprint density at radius 1 is 1.44 bits per heavy atom. The van der Waals surface area contributed by atoms with Crippen molar-refractivity contribution >= 4 is 5.69 Å². The summed E-state index contributed by atoms with van der Waals surface area (Å²) in [6.07, 6.45) is 0. The number of benzene rings is 1. The molecule has 18 heavy (non-hydrogen) atoms. The first-order valence-electron chi connectivity index (χ1n) is 5.74. The van der Waals surface area contributed by atoms with E-state index >= 15 is 0 Å². The Morgan fingerprint density at radius 2 is 2.17 bits per heavy atom.